The van der Waals surface area contributed by atoms with E-state index in [2.05, 4.69) is 28.4 Å². The van der Waals surface area contributed by atoms with E-state index in [1.54, 1.807) is 11.3 Å². The van der Waals surface area contributed by atoms with Crippen LogP contribution in [0.15, 0.2) is 40.6 Å². The molecular formula is C17H21N3S2. The maximum absolute atomic E-state index is 8.24. The lowest BCUT2D eigenvalue weighted by molar-refractivity contribution is 0.730. The van der Waals surface area contributed by atoms with Crippen molar-refractivity contribution in [1.82, 2.24) is 5.32 Å². The predicted molar refractivity (Wildman–Crippen MR) is 98.2 cm³/mol. The van der Waals surface area contributed by atoms with Crippen molar-refractivity contribution in [3.8, 4) is 0 Å². The Labute approximate surface area is 140 Å². The highest BCUT2D eigenvalue weighted by Crippen LogP contribution is 2.35. The smallest absolute Gasteiger partial charge is 0.0529 e. The maximum Gasteiger partial charge on any atom is 0.0529 e. The molecule has 2 N–H and O–H groups in total. The van der Waals surface area contributed by atoms with Crippen LogP contribution in [0.3, 0.4) is 0 Å². The number of rotatable bonds is 6. The van der Waals surface area contributed by atoms with E-state index in [9.17, 15) is 0 Å². The zero-order valence-electron chi connectivity index (χ0n) is 12.8. The zero-order chi connectivity index (χ0) is 15.4. The molecule has 0 spiro atoms. The fraction of sp³-hybridized carbons (Fsp3) is 0.353. The van der Waals surface area contributed by atoms with Gasteiger partial charge in [0.05, 0.1) is 11.4 Å². The molecule has 2 heterocycles. The topological polar surface area (TPSA) is 39.1 Å². The third kappa shape index (κ3) is 3.54. The van der Waals surface area contributed by atoms with E-state index >= 15 is 0 Å². The lowest BCUT2D eigenvalue weighted by Crippen LogP contribution is -2.34. The first-order valence-corrected chi connectivity index (χ1v) is 9.41. The minimum absolute atomic E-state index is 0.711. The van der Waals surface area contributed by atoms with E-state index in [0.29, 0.717) is 12.1 Å². The molecule has 3 rings (SSSR count). The number of nitrogens with zero attached hydrogens (tertiary/aromatic N) is 1. The molecule has 0 bridgehead atoms. The molecule has 0 saturated heterocycles. The van der Waals surface area contributed by atoms with E-state index in [4.69, 9.17) is 5.41 Å². The number of thiophene rings is 1. The van der Waals surface area contributed by atoms with E-state index in [0.717, 1.165) is 30.3 Å². The van der Waals surface area contributed by atoms with E-state index < -0.39 is 0 Å². The Hall–Kier alpha value is -1.30. The molecule has 0 radical (unpaired) electrons. The van der Waals surface area contributed by atoms with Gasteiger partial charge in [-0.25, -0.2) is 0 Å². The minimum Gasteiger partial charge on any atom is -0.369 e. The van der Waals surface area contributed by atoms with Gasteiger partial charge in [-0.05, 0) is 36.2 Å². The van der Waals surface area contributed by atoms with Gasteiger partial charge in [-0.1, -0.05) is 12.1 Å². The fourth-order valence-corrected chi connectivity index (χ4v) is 4.44. The van der Waals surface area contributed by atoms with Crippen LogP contribution in [0.1, 0.15) is 10.4 Å². The van der Waals surface area contributed by atoms with Gasteiger partial charge in [0.15, 0.2) is 0 Å². The molecule has 0 atom stereocenters. The molecule has 0 saturated carbocycles. The summed E-state index contributed by atoms with van der Waals surface area (Å²) in [4.78, 5) is 4.89. The van der Waals surface area contributed by atoms with Crippen LogP contribution in [0.2, 0.25) is 0 Å². The van der Waals surface area contributed by atoms with Gasteiger partial charge in [-0.2, -0.15) is 0 Å². The number of thioether (sulfide) groups is 1. The highest BCUT2D eigenvalue weighted by atomic mass is 32.2. The Morgan fingerprint density at radius 1 is 1.36 bits per heavy atom. The molecule has 3 nitrogen and oxygen atoms in total. The molecule has 0 aliphatic carbocycles. The molecule has 2 aromatic rings. The van der Waals surface area contributed by atoms with Gasteiger partial charge in [0, 0.05) is 41.6 Å². The van der Waals surface area contributed by atoms with Gasteiger partial charge in [0.25, 0.3) is 0 Å². The van der Waals surface area contributed by atoms with Gasteiger partial charge < -0.3 is 15.6 Å². The van der Waals surface area contributed by atoms with Crippen LogP contribution in [0.5, 0.6) is 0 Å². The second kappa shape index (κ2) is 7.31. The molecule has 0 fully saturated rings. The quantitative estimate of drug-likeness (QED) is 0.796. The predicted octanol–water partition coefficient (Wildman–Crippen LogP) is 3.49. The van der Waals surface area contributed by atoms with Gasteiger partial charge in [-0.3, -0.25) is 0 Å². The Kier molecular flexibility index (Phi) is 5.18. The number of benzene rings is 1. The van der Waals surface area contributed by atoms with E-state index in [1.807, 2.05) is 36.3 Å². The van der Waals surface area contributed by atoms with Crippen LogP contribution in [-0.4, -0.2) is 38.1 Å². The normalized spacial score (nSPS) is 14.0. The Morgan fingerprint density at radius 3 is 3.05 bits per heavy atom. The summed E-state index contributed by atoms with van der Waals surface area (Å²) in [5.74, 6) is 1.14. The Bertz CT molecular complexity index is 637. The third-order valence-electron chi connectivity index (χ3n) is 3.81. The van der Waals surface area contributed by atoms with Crippen LogP contribution in [0.25, 0.3) is 0 Å². The Balaban J connectivity index is 1.74. The first-order chi connectivity index (χ1) is 10.8. The van der Waals surface area contributed by atoms with Crippen LogP contribution in [-0.2, 0) is 6.42 Å². The number of anilines is 1. The molecule has 1 aromatic heterocycles. The number of fused-ring (bicyclic) bond motifs is 1. The summed E-state index contributed by atoms with van der Waals surface area (Å²) in [6, 6.07) is 10.7. The lowest BCUT2D eigenvalue weighted by atomic mass is 10.1. The second-order valence-corrected chi connectivity index (χ2v) is 7.46. The highest BCUT2D eigenvalue weighted by molar-refractivity contribution is 7.99. The monoisotopic (exact) mass is 331 g/mol. The summed E-state index contributed by atoms with van der Waals surface area (Å²) in [6.07, 6.45) is 0.713. The summed E-state index contributed by atoms with van der Waals surface area (Å²) in [5.41, 5.74) is 3.29. The summed E-state index contributed by atoms with van der Waals surface area (Å²) in [7, 11) is 2.00. The largest absolute Gasteiger partial charge is 0.369 e. The van der Waals surface area contributed by atoms with Gasteiger partial charge in [-0.15, -0.1) is 23.1 Å². The molecule has 1 aliphatic rings. The molecule has 1 aromatic carbocycles. The van der Waals surface area contributed by atoms with Crippen molar-refractivity contribution in [1.29, 1.82) is 5.41 Å². The molecule has 116 valence electrons. The third-order valence-corrected chi connectivity index (χ3v) is 5.77. The molecule has 5 heteroatoms. The Morgan fingerprint density at radius 2 is 2.27 bits per heavy atom. The van der Waals surface area contributed by atoms with Crippen molar-refractivity contribution in [3.63, 3.8) is 0 Å². The van der Waals surface area contributed by atoms with Crippen molar-refractivity contribution in [3.05, 3.63) is 46.2 Å². The van der Waals surface area contributed by atoms with Crippen molar-refractivity contribution < 1.29 is 0 Å². The summed E-state index contributed by atoms with van der Waals surface area (Å²) < 4.78 is 0. The summed E-state index contributed by atoms with van der Waals surface area (Å²) >= 11 is 3.58. The summed E-state index contributed by atoms with van der Waals surface area (Å²) in [6.45, 7) is 3.17. The standard InChI is InChI=1S/C17H21N3S2/c1-19-6-7-20-8-10-22-17-12-13(4-5-15(17)20)11-14(18)16-3-2-9-21-16/h2-5,9,12,18-19H,6-8,10-11H2,1H3. The molecule has 1 aliphatic heterocycles. The van der Waals surface area contributed by atoms with Crippen LogP contribution >= 0.6 is 23.1 Å². The number of likely N-dealkylation sites (N-methyl/N-ethyl adjacent to an activating group) is 1. The lowest BCUT2D eigenvalue weighted by Gasteiger charge is -2.31. The van der Waals surface area contributed by atoms with Gasteiger partial charge >= 0.3 is 0 Å². The zero-order valence-corrected chi connectivity index (χ0v) is 14.4. The maximum atomic E-state index is 8.24. The number of hydrogen-bond donors (Lipinski definition) is 2. The fourth-order valence-electron chi connectivity index (χ4n) is 2.65. The number of nitrogens with one attached hydrogen (secondary N) is 2. The van der Waals surface area contributed by atoms with Crippen molar-refractivity contribution in [2.45, 2.75) is 11.3 Å². The minimum atomic E-state index is 0.711. The van der Waals surface area contributed by atoms with Gasteiger partial charge in [0.2, 0.25) is 0 Å². The highest BCUT2D eigenvalue weighted by Gasteiger charge is 2.17. The van der Waals surface area contributed by atoms with E-state index in [-0.39, 0.29) is 0 Å². The van der Waals surface area contributed by atoms with E-state index in [1.165, 1.54) is 16.1 Å². The molecular weight excluding hydrogens is 310 g/mol. The summed E-state index contributed by atoms with van der Waals surface area (Å²) in [5, 5.41) is 13.5. The first-order valence-electron chi connectivity index (χ1n) is 7.54. The average molecular weight is 332 g/mol. The van der Waals surface area contributed by atoms with Crippen LogP contribution in [0, 0.1) is 5.41 Å². The van der Waals surface area contributed by atoms with Crippen LogP contribution < -0.4 is 10.2 Å². The second-order valence-electron chi connectivity index (χ2n) is 5.37. The van der Waals surface area contributed by atoms with Crippen LogP contribution in [0.4, 0.5) is 5.69 Å². The molecule has 0 unspecified atom stereocenters. The average Bonchev–Trinajstić information content (AvgIpc) is 3.07. The van der Waals surface area contributed by atoms with Crippen molar-refractivity contribution >= 4 is 34.5 Å². The van der Waals surface area contributed by atoms with Gasteiger partial charge in [0.1, 0.15) is 0 Å². The van der Waals surface area contributed by atoms with Crippen molar-refractivity contribution in [2.24, 2.45) is 0 Å². The first kappa shape index (κ1) is 15.6. The SMILES string of the molecule is CNCCN1CCSc2cc(CC(=N)c3cccs3)ccc21. The number of hydrogen-bond acceptors (Lipinski definition) is 5. The van der Waals surface area contributed by atoms with Crippen molar-refractivity contribution in [2.75, 3.05) is 37.3 Å². The molecule has 22 heavy (non-hydrogen) atoms. The molecule has 0 amide bonds.